The average molecular weight is 434 g/mol. The van der Waals surface area contributed by atoms with Crippen molar-refractivity contribution in [1.82, 2.24) is 8.87 Å². The van der Waals surface area contributed by atoms with Gasteiger partial charge in [-0.15, -0.1) is 0 Å². The van der Waals surface area contributed by atoms with Gasteiger partial charge in [-0.25, -0.2) is 12.7 Å². The van der Waals surface area contributed by atoms with Crippen molar-refractivity contribution in [3.63, 3.8) is 0 Å². The molecule has 2 aromatic carbocycles. The number of nitrogens with one attached hydrogen (secondary N) is 1. The molecule has 0 atom stereocenters. The smallest absolute Gasteiger partial charge is 0.308 e. The quantitative estimate of drug-likeness (QED) is 0.591. The zero-order chi connectivity index (χ0) is 21.0. The predicted molar refractivity (Wildman–Crippen MR) is 116 cm³/mol. The van der Waals surface area contributed by atoms with Gasteiger partial charge >= 0.3 is 4.87 Å². The Morgan fingerprint density at radius 1 is 1.14 bits per heavy atom. The van der Waals surface area contributed by atoms with Crippen molar-refractivity contribution in [2.75, 3.05) is 18.9 Å². The van der Waals surface area contributed by atoms with E-state index in [0.717, 1.165) is 28.9 Å². The normalized spacial score (nSPS) is 11.8. The van der Waals surface area contributed by atoms with Crippen molar-refractivity contribution in [1.29, 1.82) is 0 Å². The summed E-state index contributed by atoms with van der Waals surface area (Å²) in [5.74, 6) is -0.355. The van der Waals surface area contributed by atoms with Crippen molar-refractivity contribution in [3.8, 4) is 0 Å². The molecular weight excluding hydrogens is 410 g/mol. The van der Waals surface area contributed by atoms with Crippen LogP contribution in [0.5, 0.6) is 0 Å². The summed E-state index contributed by atoms with van der Waals surface area (Å²) in [5.41, 5.74) is 1.19. The first-order chi connectivity index (χ1) is 13.8. The summed E-state index contributed by atoms with van der Waals surface area (Å²) in [6.45, 7) is 2.36. The van der Waals surface area contributed by atoms with E-state index < -0.39 is 10.0 Å². The lowest BCUT2D eigenvalue weighted by Gasteiger charge is -2.17. The third-order valence-corrected chi connectivity index (χ3v) is 7.38. The van der Waals surface area contributed by atoms with Gasteiger partial charge in [0.15, 0.2) is 0 Å². The van der Waals surface area contributed by atoms with Crippen LogP contribution in [0.3, 0.4) is 0 Å². The van der Waals surface area contributed by atoms with E-state index in [2.05, 4.69) is 5.32 Å². The zero-order valence-electron chi connectivity index (χ0n) is 16.3. The highest BCUT2D eigenvalue weighted by Gasteiger charge is 2.20. The number of hydrogen-bond acceptors (Lipinski definition) is 5. The molecule has 0 saturated carbocycles. The Balaban J connectivity index is 1.70. The van der Waals surface area contributed by atoms with Crippen LogP contribution >= 0.6 is 11.3 Å². The molecule has 1 N–H and O–H groups in total. The molecule has 0 bridgehead atoms. The van der Waals surface area contributed by atoms with Gasteiger partial charge in [-0.2, -0.15) is 0 Å². The van der Waals surface area contributed by atoms with Gasteiger partial charge in [0.1, 0.15) is 6.54 Å². The van der Waals surface area contributed by atoms with E-state index in [1.54, 1.807) is 25.2 Å². The van der Waals surface area contributed by atoms with E-state index >= 15 is 0 Å². The number of para-hydroxylation sites is 1. The molecule has 0 aliphatic rings. The molecule has 1 heterocycles. The van der Waals surface area contributed by atoms with E-state index in [-0.39, 0.29) is 22.2 Å². The Bertz CT molecular complexity index is 1160. The maximum Gasteiger partial charge on any atom is 0.308 e. The fraction of sp³-hybridized carbons (Fsp3) is 0.300. The second kappa shape index (κ2) is 8.89. The lowest BCUT2D eigenvalue weighted by molar-refractivity contribution is -0.116. The maximum absolute atomic E-state index is 12.5. The number of amides is 1. The fourth-order valence-corrected chi connectivity index (χ4v) is 5.00. The molecule has 0 aliphatic carbocycles. The van der Waals surface area contributed by atoms with Crippen LogP contribution in [0.25, 0.3) is 10.2 Å². The molecule has 0 fully saturated rings. The third-order valence-electron chi connectivity index (χ3n) is 4.55. The maximum atomic E-state index is 12.5. The summed E-state index contributed by atoms with van der Waals surface area (Å²) < 4.78 is 28.7. The first-order valence-corrected chi connectivity index (χ1v) is 11.5. The number of fused-ring (bicyclic) bond motifs is 1. The summed E-state index contributed by atoms with van der Waals surface area (Å²) >= 11 is 1.10. The molecule has 0 radical (unpaired) electrons. The molecule has 0 aliphatic heterocycles. The Morgan fingerprint density at radius 2 is 1.83 bits per heavy atom. The first-order valence-electron chi connectivity index (χ1n) is 9.27. The second-order valence-electron chi connectivity index (χ2n) is 6.67. The number of aromatic nitrogens is 1. The van der Waals surface area contributed by atoms with Crippen LogP contribution < -0.4 is 10.2 Å². The summed E-state index contributed by atoms with van der Waals surface area (Å²) in [4.78, 5) is 24.5. The van der Waals surface area contributed by atoms with Gasteiger partial charge in [0.05, 0.1) is 15.1 Å². The average Bonchev–Trinajstić information content (AvgIpc) is 3.01. The van der Waals surface area contributed by atoms with Crippen LogP contribution in [0.4, 0.5) is 5.69 Å². The molecule has 7 nitrogen and oxygen atoms in total. The van der Waals surface area contributed by atoms with Gasteiger partial charge in [0, 0.05) is 19.3 Å². The van der Waals surface area contributed by atoms with Crippen LogP contribution in [0.2, 0.25) is 0 Å². The summed E-state index contributed by atoms with van der Waals surface area (Å²) in [6, 6.07) is 13.3. The Labute approximate surface area is 173 Å². The Hall–Kier alpha value is -2.49. The molecule has 0 unspecified atom stereocenters. The molecule has 3 aromatic rings. The Kier molecular flexibility index (Phi) is 6.51. The highest BCUT2D eigenvalue weighted by molar-refractivity contribution is 7.89. The predicted octanol–water partition coefficient (Wildman–Crippen LogP) is 3.12. The van der Waals surface area contributed by atoms with Gasteiger partial charge in [-0.3, -0.25) is 14.2 Å². The number of unbranched alkanes of at least 4 members (excludes halogenated alkanes) is 1. The molecule has 0 spiro atoms. The first kappa shape index (κ1) is 21.2. The summed E-state index contributed by atoms with van der Waals surface area (Å²) in [6.07, 6.45) is 1.70. The van der Waals surface area contributed by atoms with Crippen LogP contribution in [-0.2, 0) is 21.4 Å². The number of carbonyl (C=O) groups excluding carboxylic acids is 1. The summed E-state index contributed by atoms with van der Waals surface area (Å²) in [5, 5.41) is 2.71. The third kappa shape index (κ3) is 4.75. The number of anilines is 1. The van der Waals surface area contributed by atoms with Crippen molar-refractivity contribution in [2.24, 2.45) is 0 Å². The standard InChI is InChI=1S/C20H23N3O4S2/c1-3-4-13-22(2)29(26,27)16-11-9-15(10-12-16)21-19(24)14-23-17-7-5-6-8-18(17)28-20(23)25/h5-12H,3-4,13-14H2,1-2H3,(H,21,24). The minimum Gasteiger partial charge on any atom is -0.325 e. The highest BCUT2D eigenvalue weighted by Crippen LogP contribution is 2.19. The molecular formula is C20H23N3O4S2. The van der Waals surface area contributed by atoms with E-state index in [1.165, 1.54) is 21.0 Å². The molecule has 0 saturated heterocycles. The molecule has 9 heteroatoms. The van der Waals surface area contributed by atoms with Crippen LogP contribution in [0, 0.1) is 0 Å². The SMILES string of the molecule is CCCCN(C)S(=O)(=O)c1ccc(NC(=O)Cn2c(=O)sc3ccccc32)cc1. The van der Waals surface area contributed by atoms with E-state index in [1.807, 2.05) is 25.1 Å². The number of thiazole rings is 1. The van der Waals surface area contributed by atoms with Gasteiger partial charge in [0.2, 0.25) is 15.9 Å². The minimum atomic E-state index is -3.55. The fourth-order valence-electron chi connectivity index (χ4n) is 2.90. The van der Waals surface area contributed by atoms with E-state index in [4.69, 9.17) is 0 Å². The van der Waals surface area contributed by atoms with Gasteiger partial charge in [-0.1, -0.05) is 36.8 Å². The van der Waals surface area contributed by atoms with Crippen molar-refractivity contribution < 1.29 is 13.2 Å². The topological polar surface area (TPSA) is 88.5 Å². The second-order valence-corrected chi connectivity index (χ2v) is 9.71. The molecule has 154 valence electrons. The van der Waals surface area contributed by atoms with Crippen molar-refractivity contribution in [2.45, 2.75) is 31.2 Å². The monoisotopic (exact) mass is 433 g/mol. The molecule has 1 aromatic heterocycles. The molecule has 3 rings (SSSR count). The van der Waals surface area contributed by atoms with Gasteiger partial charge < -0.3 is 5.32 Å². The van der Waals surface area contributed by atoms with Crippen molar-refractivity contribution in [3.05, 3.63) is 58.2 Å². The van der Waals surface area contributed by atoms with Crippen molar-refractivity contribution >= 4 is 43.2 Å². The largest absolute Gasteiger partial charge is 0.325 e. The van der Waals surface area contributed by atoms with Gasteiger partial charge in [-0.05, 0) is 42.8 Å². The minimum absolute atomic E-state index is 0.108. The van der Waals surface area contributed by atoms with Crippen LogP contribution in [-0.4, -0.2) is 36.8 Å². The number of carbonyl (C=O) groups is 1. The Morgan fingerprint density at radius 3 is 2.52 bits per heavy atom. The lowest BCUT2D eigenvalue weighted by atomic mass is 10.3. The lowest BCUT2D eigenvalue weighted by Crippen LogP contribution is -2.28. The molecule has 29 heavy (non-hydrogen) atoms. The van der Waals surface area contributed by atoms with E-state index in [0.29, 0.717) is 17.7 Å². The number of sulfonamides is 1. The number of hydrogen-bond donors (Lipinski definition) is 1. The molecule has 1 amide bonds. The van der Waals surface area contributed by atoms with Gasteiger partial charge in [0.25, 0.3) is 0 Å². The van der Waals surface area contributed by atoms with Crippen LogP contribution in [0.15, 0.2) is 58.2 Å². The van der Waals surface area contributed by atoms with E-state index in [9.17, 15) is 18.0 Å². The number of benzene rings is 2. The zero-order valence-corrected chi connectivity index (χ0v) is 17.9. The number of nitrogens with zero attached hydrogens (tertiary/aromatic N) is 2. The van der Waals surface area contributed by atoms with Crippen LogP contribution in [0.1, 0.15) is 19.8 Å². The summed E-state index contributed by atoms with van der Waals surface area (Å²) in [7, 11) is -1.99. The number of rotatable bonds is 8. The highest BCUT2D eigenvalue weighted by atomic mass is 32.2.